The van der Waals surface area contributed by atoms with Crippen molar-refractivity contribution in [2.24, 2.45) is 0 Å². The Morgan fingerprint density at radius 1 is 0.702 bits per heavy atom. The number of ether oxygens (including phenoxy) is 2. The van der Waals surface area contributed by atoms with Crippen molar-refractivity contribution in [3.05, 3.63) is 138 Å². The average molecular weight is 672 g/mol. The van der Waals surface area contributed by atoms with Gasteiger partial charge >= 0.3 is 5.97 Å². The fourth-order valence-corrected chi connectivity index (χ4v) is 6.10. The van der Waals surface area contributed by atoms with Crippen LogP contribution in [0.4, 0.5) is 28.4 Å². The van der Waals surface area contributed by atoms with Crippen LogP contribution in [0.25, 0.3) is 0 Å². The summed E-state index contributed by atoms with van der Waals surface area (Å²) in [7, 11) is 1.22. The van der Waals surface area contributed by atoms with E-state index in [1.807, 2.05) is 56.3 Å². The third kappa shape index (κ3) is 8.05. The van der Waals surface area contributed by atoms with Crippen molar-refractivity contribution >= 4 is 56.9 Å². The molecule has 0 bridgehead atoms. The number of benzene rings is 5. The van der Waals surface area contributed by atoms with Crippen molar-refractivity contribution in [3.8, 4) is 11.5 Å². The van der Waals surface area contributed by atoms with E-state index in [9.17, 15) is 22.3 Å². The van der Waals surface area contributed by atoms with E-state index in [0.717, 1.165) is 21.0 Å². The summed E-state index contributed by atoms with van der Waals surface area (Å²) in [5.74, 6) is -0.112. The van der Waals surface area contributed by atoms with Crippen molar-refractivity contribution in [1.82, 2.24) is 0 Å². The molecule has 0 aliphatic rings. The maximum Gasteiger partial charge on any atom is 0.340 e. The molecule has 2 unspecified atom stereocenters. The minimum Gasteiger partial charge on any atom is -0.465 e. The highest BCUT2D eigenvalue weighted by Crippen LogP contribution is 2.39. The van der Waals surface area contributed by atoms with Gasteiger partial charge in [0.1, 0.15) is 11.5 Å². The van der Waals surface area contributed by atoms with Crippen molar-refractivity contribution in [3.63, 3.8) is 0 Å². The summed E-state index contributed by atoms with van der Waals surface area (Å²) in [6, 6.07) is 33.4. The second-order valence-corrected chi connectivity index (χ2v) is 12.2. The molecule has 12 heteroatoms. The Morgan fingerprint density at radius 3 is 1.74 bits per heavy atom. The summed E-state index contributed by atoms with van der Waals surface area (Å²) in [5.41, 5.74) is 4.99. The van der Waals surface area contributed by atoms with E-state index in [0.29, 0.717) is 35.0 Å². The smallest absolute Gasteiger partial charge is 0.340 e. The third-order valence-electron chi connectivity index (χ3n) is 7.19. The first kappa shape index (κ1) is 33.4. The van der Waals surface area contributed by atoms with Crippen LogP contribution in [-0.2, 0) is 33.8 Å². The number of methoxy groups -OCH3 is 1. The Bertz CT molecular complexity index is 1900. The van der Waals surface area contributed by atoms with Crippen LogP contribution in [0.15, 0.2) is 115 Å². The van der Waals surface area contributed by atoms with Gasteiger partial charge in [-0.15, -0.1) is 0 Å². The summed E-state index contributed by atoms with van der Waals surface area (Å²) in [6.07, 6.45) is 0. The van der Waals surface area contributed by atoms with E-state index in [1.54, 1.807) is 60.7 Å². The fourth-order valence-electron chi connectivity index (χ4n) is 4.84. The Morgan fingerprint density at radius 2 is 1.21 bits per heavy atom. The Kier molecular flexibility index (Phi) is 10.7. The molecule has 10 nitrogen and oxygen atoms in total. The number of carbonyl (C=O) groups is 1. The minimum atomic E-state index is -2.51. The number of anilines is 5. The lowest BCUT2D eigenvalue weighted by Gasteiger charge is -2.24. The molecule has 0 aliphatic heterocycles. The monoisotopic (exact) mass is 671 g/mol. The molecule has 5 aromatic carbocycles. The van der Waals surface area contributed by atoms with Crippen LogP contribution in [0, 0.1) is 13.8 Å². The molecule has 0 heterocycles. The number of hydrogen-bond acceptors (Lipinski definition) is 6. The van der Waals surface area contributed by atoms with Gasteiger partial charge in [-0.1, -0.05) is 65.7 Å². The molecule has 0 radical (unpaired) electrons. The Labute approximate surface area is 278 Å². The van der Waals surface area contributed by atoms with Crippen molar-refractivity contribution < 1.29 is 31.8 Å². The zero-order valence-electron chi connectivity index (χ0n) is 25.8. The van der Waals surface area contributed by atoms with Gasteiger partial charge in [-0.05, 0) is 74.0 Å². The summed E-state index contributed by atoms with van der Waals surface area (Å²) >= 11 is -4.91. The lowest BCUT2D eigenvalue weighted by molar-refractivity contribution is 0.0601. The van der Waals surface area contributed by atoms with Gasteiger partial charge in [0.25, 0.3) is 22.5 Å². The van der Waals surface area contributed by atoms with E-state index in [-0.39, 0.29) is 17.0 Å². The Balaban J connectivity index is 1.53. The van der Waals surface area contributed by atoms with Crippen LogP contribution >= 0.6 is 0 Å². The van der Waals surface area contributed by atoms with Gasteiger partial charge in [-0.25, -0.2) is 21.8 Å². The standard InChI is InChI=1S/C35H33N3O7S2/c1-24-9-13-27(14-10-24)37(46(40)41)33-19-17-29(21-31(33)35(39)44-3)45-30-18-20-34(32(22-30)36-23-26-7-5-4-6-8-26)38(47(42)43)28-15-11-25(2)12-16-28/h4-22,36H,23H2,1-3H3,(H,40,41)(H,42,43). The molecule has 0 saturated heterocycles. The molecule has 0 fully saturated rings. The minimum absolute atomic E-state index is 0.00763. The number of nitrogens with one attached hydrogen (secondary N) is 1. The van der Waals surface area contributed by atoms with E-state index in [4.69, 9.17) is 9.47 Å². The zero-order chi connectivity index (χ0) is 33.5. The van der Waals surface area contributed by atoms with Crippen molar-refractivity contribution in [1.29, 1.82) is 0 Å². The van der Waals surface area contributed by atoms with Crippen LogP contribution in [0.1, 0.15) is 27.0 Å². The van der Waals surface area contributed by atoms with Gasteiger partial charge in [0.15, 0.2) is 0 Å². The van der Waals surface area contributed by atoms with Crippen LogP contribution in [0.3, 0.4) is 0 Å². The van der Waals surface area contributed by atoms with E-state index in [2.05, 4.69) is 5.32 Å². The first-order valence-corrected chi connectivity index (χ1v) is 16.5. The molecule has 0 aromatic heterocycles. The predicted molar refractivity (Wildman–Crippen MR) is 186 cm³/mol. The summed E-state index contributed by atoms with van der Waals surface area (Å²) < 4.78 is 59.3. The first-order chi connectivity index (χ1) is 22.6. The van der Waals surface area contributed by atoms with Crippen LogP contribution in [0.2, 0.25) is 0 Å². The number of nitrogens with zero attached hydrogens (tertiary/aromatic N) is 2. The molecule has 0 saturated carbocycles. The van der Waals surface area contributed by atoms with Crippen LogP contribution < -0.4 is 18.7 Å². The first-order valence-electron chi connectivity index (χ1n) is 14.4. The molecule has 5 rings (SSSR count). The highest BCUT2D eigenvalue weighted by atomic mass is 32.2. The molecular weight excluding hydrogens is 639 g/mol. The molecular formula is C35H33N3O7S2. The quantitative estimate of drug-likeness (QED) is 0.0898. The number of hydrogen-bond donors (Lipinski definition) is 3. The zero-order valence-corrected chi connectivity index (χ0v) is 27.5. The maximum atomic E-state index is 12.9. The molecule has 3 N–H and O–H groups in total. The molecule has 2 atom stereocenters. The molecule has 0 spiro atoms. The highest BCUT2D eigenvalue weighted by Gasteiger charge is 2.24. The lowest BCUT2D eigenvalue weighted by Crippen LogP contribution is -2.22. The van der Waals surface area contributed by atoms with E-state index < -0.39 is 28.5 Å². The number of esters is 1. The molecule has 47 heavy (non-hydrogen) atoms. The number of aryl methyl sites for hydroxylation is 2. The lowest BCUT2D eigenvalue weighted by atomic mass is 10.1. The summed E-state index contributed by atoms with van der Waals surface area (Å²) in [5, 5.41) is 3.36. The largest absolute Gasteiger partial charge is 0.465 e. The highest BCUT2D eigenvalue weighted by molar-refractivity contribution is 7.81. The molecule has 5 aromatic rings. The second kappa shape index (κ2) is 15.1. The molecule has 0 aliphatic carbocycles. The van der Waals surface area contributed by atoms with Crippen molar-refractivity contribution in [2.75, 3.05) is 21.0 Å². The van der Waals surface area contributed by atoms with E-state index in [1.165, 1.54) is 23.5 Å². The summed E-state index contributed by atoms with van der Waals surface area (Å²) in [6.45, 7) is 4.25. The summed E-state index contributed by atoms with van der Waals surface area (Å²) in [4.78, 5) is 12.9. The van der Waals surface area contributed by atoms with Gasteiger partial charge in [-0.2, -0.15) is 0 Å². The Hall–Kier alpha value is -5.01. The topological polar surface area (TPSA) is 129 Å². The van der Waals surface area contributed by atoms with Crippen LogP contribution in [0.5, 0.6) is 11.5 Å². The van der Waals surface area contributed by atoms with Gasteiger partial charge in [0, 0.05) is 12.6 Å². The van der Waals surface area contributed by atoms with Crippen molar-refractivity contribution in [2.45, 2.75) is 20.4 Å². The normalized spacial score (nSPS) is 12.1. The third-order valence-corrected chi connectivity index (χ3v) is 8.63. The maximum absolute atomic E-state index is 12.9. The molecule has 0 amide bonds. The van der Waals surface area contributed by atoms with E-state index >= 15 is 0 Å². The van der Waals surface area contributed by atoms with Gasteiger partial charge in [0.05, 0.1) is 41.1 Å². The van der Waals surface area contributed by atoms with Gasteiger partial charge in [-0.3, -0.25) is 9.11 Å². The number of carbonyl (C=O) groups excluding carboxylic acids is 1. The van der Waals surface area contributed by atoms with Crippen LogP contribution in [-0.4, -0.2) is 30.6 Å². The van der Waals surface area contributed by atoms with Gasteiger partial charge < -0.3 is 14.8 Å². The second-order valence-electron chi connectivity index (χ2n) is 10.5. The SMILES string of the molecule is COC(=O)c1cc(Oc2ccc(N(c3ccc(C)cc3)S(=O)O)c(NCc3ccccc3)c2)ccc1N(c1ccc(C)cc1)S(=O)O. The fraction of sp³-hybridized carbons (Fsp3) is 0.114. The predicted octanol–water partition coefficient (Wildman–Crippen LogP) is 8.04. The number of rotatable bonds is 12. The average Bonchev–Trinajstić information content (AvgIpc) is 3.07. The molecule has 242 valence electrons. The van der Waals surface area contributed by atoms with Gasteiger partial charge in [0.2, 0.25) is 0 Å².